The number of benzene rings is 2. The Balaban J connectivity index is 1.94. The SMILES string of the molecule is NC(=O)c1ccc(F)c(C(=O)NCc2ccccc2)c1C1CCCCC1. The summed E-state index contributed by atoms with van der Waals surface area (Å²) in [5.74, 6) is -1.75. The highest BCUT2D eigenvalue weighted by Crippen LogP contribution is 2.37. The van der Waals surface area contributed by atoms with E-state index >= 15 is 0 Å². The molecule has 2 aromatic carbocycles. The number of hydrogen-bond acceptors (Lipinski definition) is 2. The number of nitrogens with one attached hydrogen (secondary N) is 1. The molecule has 1 aliphatic rings. The largest absolute Gasteiger partial charge is 0.366 e. The lowest BCUT2D eigenvalue weighted by atomic mass is 9.79. The average molecular weight is 354 g/mol. The van der Waals surface area contributed by atoms with Gasteiger partial charge in [0.1, 0.15) is 5.82 Å². The fraction of sp³-hybridized carbons (Fsp3) is 0.333. The topological polar surface area (TPSA) is 72.2 Å². The number of amides is 2. The summed E-state index contributed by atoms with van der Waals surface area (Å²) < 4.78 is 14.6. The van der Waals surface area contributed by atoms with Crippen molar-refractivity contribution in [2.24, 2.45) is 5.73 Å². The summed E-state index contributed by atoms with van der Waals surface area (Å²) >= 11 is 0. The van der Waals surface area contributed by atoms with Crippen LogP contribution in [0.5, 0.6) is 0 Å². The minimum absolute atomic E-state index is 0.0144. The van der Waals surface area contributed by atoms with Crippen molar-refractivity contribution in [3.8, 4) is 0 Å². The van der Waals surface area contributed by atoms with E-state index in [1.807, 2.05) is 30.3 Å². The molecule has 3 rings (SSSR count). The van der Waals surface area contributed by atoms with Gasteiger partial charge in [-0.25, -0.2) is 4.39 Å². The Bertz CT molecular complexity index is 799. The van der Waals surface area contributed by atoms with Crippen LogP contribution in [0.3, 0.4) is 0 Å². The first kappa shape index (κ1) is 18.1. The summed E-state index contributed by atoms with van der Waals surface area (Å²) in [5.41, 5.74) is 7.12. The summed E-state index contributed by atoms with van der Waals surface area (Å²) in [6.45, 7) is 0.296. The van der Waals surface area contributed by atoms with Crippen LogP contribution < -0.4 is 11.1 Å². The molecule has 2 aromatic rings. The number of nitrogens with two attached hydrogens (primary N) is 1. The van der Waals surface area contributed by atoms with Crippen LogP contribution >= 0.6 is 0 Å². The van der Waals surface area contributed by atoms with Gasteiger partial charge < -0.3 is 11.1 Å². The summed E-state index contributed by atoms with van der Waals surface area (Å²) in [5, 5.41) is 2.77. The Hall–Kier alpha value is -2.69. The maximum atomic E-state index is 14.6. The Morgan fingerprint density at radius 1 is 1.04 bits per heavy atom. The fourth-order valence-electron chi connectivity index (χ4n) is 3.72. The third-order valence-electron chi connectivity index (χ3n) is 5.00. The minimum atomic E-state index is -0.623. The number of primary amides is 1. The van der Waals surface area contributed by atoms with E-state index < -0.39 is 17.6 Å². The molecule has 0 saturated heterocycles. The van der Waals surface area contributed by atoms with Gasteiger partial charge in [-0.1, -0.05) is 49.6 Å². The first-order valence-corrected chi connectivity index (χ1v) is 9.02. The van der Waals surface area contributed by atoms with Crippen molar-refractivity contribution < 1.29 is 14.0 Å². The van der Waals surface area contributed by atoms with Crippen molar-refractivity contribution in [1.82, 2.24) is 5.32 Å². The molecular formula is C21H23FN2O2. The van der Waals surface area contributed by atoms with E-state index in [0.717, 1.165) is 43.7 Å². The molecule has 1 saturated carbocycles. The third kappa shape index (κ3) is 3.93. The second kappa shape index (κ2) is 8.13. The Morgan fingerprint density at radius 3 is 2.38 bits per heavy atom. The molecule has 0 radical (unpaired) electrons. The highest BCUT2D eigenvalue weighted by molar-refractivity contribution is 6.02. The van der Waals surface area contributed by atoms with Crippen LogP contribution in [-0.2, 0) is 6.54 Å². The van der Waals surface area contributed by atoms with Gasteiger partial charge in [0.25, 0.3) is 5.91 Å². The van der Waals surface area contributed by atoms with Crippen LogP contribution in [0, 0.1) is 5.82 Å². The first-order chi connectivity index (χ1) is 12.6. The van der Waals surface area contributed by atoms with Crippen molar-refractivity contribution in [2.75, 3.05) is 0 Å². The van der Waals surface area contributed by atoms with E-state index in [4.69, 9.17) is 5.73 Å². The standard InChI is InChI=1S/C21H23FN2O2/c22-17-12-11-16(20(23)25)18(15-9-5-2-6-10-15)19(17)21(26)24-13-14-7-3-1-4-8-14/h1,3-4,7-8,11-12,15H,2,5-6,9-10,13H2,(H2,23,25)(H,24,26). The van der Waals surface area contributed by atoms with E-state index in [0.29, 0.717) is 12.1 Å². The van der Waals surface area contributed by atoms with Gasteiger partial charge in [-0.3, -0.25) is 9.59 Å². The zero-order chi connectivity index (χ0) is 18.5. The lowest BCUT2D eigenvalue weighted by molar-refractivity contribution is 0.0945. The molecule has 0 unspecified atom stereocenters. The van der Waals surface area contributed by atoms with Crippen molar-refractivity contribution >= 4 is 11.8 Å². The maximum absolute atomic E-state index is 14.6. The van der Waals surface area contributed by atoms with Crippen molar-refractivity contribution in [3.05, 3.63) is 70.5 Å². The van der Waals surface area contributed by atoms with Crippen molar-refractivity contribution in [1.29, 1.82) is 0 Å². The average Bonchev–Trinajstić information content (AvgIpc) is 2.67. The molecule has 0 heterocycles. The highest BCUT2D eigenvalue weighted by atomic mass is 19.1. The quantitative estimate of drug-likeness (QED) is 0.855. The molecule has 136 valence electrons. The monoisotopic (exact) mass is 354 g/mol. The van der Waals surface area contributed by atoms with Gasteiger partial charge in [-0.15, -0.1) is 0 Å². The summed E-state index contributed by atoms with van der Waals surface area (Å²) in [6, 6.07) is 12.0. The molecule has 0 spiro atoms. The van der Waals surface area contributed by atoms with E-state index in [-0.39, 0.29) is 17.0 Å². The van der Waals surface area contributed by atoms with Crippen LogP contribution in [0.1, 0.15) is 69.9 Å². The number of rotatable bonds is 5. The maximum Gasteiger partial charge on any atom is 0.254 e. The molecule has 0 bridgehead atoms. The molecule has 0 aliphatic heterocycles. The van der Waals surface area contributed by atoms with Crippen LogP contribution in [0.4, 0.5) is 4.39 Å². The number of carbonyl (C=O) groups is 2. The second-order valence-electron chi connectivity index (χ2n) is 6.75. The number of carbonyl (C=O) groups excluding carboxylic acids is 2. The Kier molecular flexibility index (Phi) is 5.66. The summed E-state index contributed by atoms with van der Waals surface area (Å²) in [4.78, 5) is 24.7. The lowest BCUT2D eigenvalue weighted by Crippen LogP contribution is -2.28. The molecule has 2 amide bonds. The van der Waals surface area contributed by atoms with Crippen LogP contribution in [0.2, 0.25) is 0 Å². The predicted molar refractivity (Wildman–Crippen MR) is 98.4 cm³/mol. The highest BCUT2D eigenvalue weighted by Gasteiger charge is 2.28. The molecule has 0 atom stereocenters. The molecule has 5 heteroatoms. The number of halogens is 1. The van der Waals surface area contributed by atoms with Crippen LogP contribution in [-0.4, -0.2) is 11.8 Å². The van der Waals surface area contributed by atoms with Gasteiger partial charge in [0.2, 0.25) is 5.91 Å². The summed E-state index contributed by atoms with van der Waals surface area (Å²) in [6.07, 6.45) is 4.80. The number of hydrogen-bond donors (Lipinski definition) is 2. The first-order valence-electron chi connectivity index (χ1n) is 9.02. The van der Waals surface area contributed by atoms with Gasteiger partial charge in [0.05, 0.1) is 5.56 Å². The van der Waals surface area contributed by atoms with E-state index in [1.165, 1.54) is 6.07 Å². The Morgan fingerprint density at radius 2 is 1.73 bits per heavy atom. The Labute approximate surface area is 152 Å². The molecule has 26 heavy (non-hydrogen) atoms. The molecular weight excluding hydrogens is 331 g/mol. The molecule has 1 aliphatic carbocycles. The van der Waals surface area contributed by atoms with Crippen molar-refractivity contribution in [3.63, 3.8) is 0 Å². The smallest absolute Gasteiger partial charge is 0.254 e. The van der Waals surface area contributed by atoms with Gasteiger partial charge >= 0.3 is 0 Å². The van der Waals surface area contributed by atoms with Gasteiger partial charge in [-0.05, 0) is 42.0 Å². The lowest BCUT2D eigenvalue weighted by Gasteiger charge is -2.26. The third-order valence-corrected chi connectivity index (χ3v) is 5.00. The van der Waals surface area contributed by atoms with E-state index in [2.05, 4.69) is 5.32 Å². The normalized spacial score (nSPS) is 14.8. The fourth-order valence-corrected chi connectivity index (χ4v) is 3.72. The van der Waals surface area contributed by atoms with E-state index in [9.17, 15) is 14.0 Å². The zero-order valence-electron chi connectivity index (χ0n) is 14.6. The van der Waals surface area contributed by atoms with Gasteiger partial charge in [-0.2, -0.15) is 0 Å². The predicted octanol–water partition coefficient (Wildman–Crippen LogP) is 3.90. The minimum Gasteiger partial charge on any atom is -0.366 e. The molecule has 0 aromatic heterocycles. The molecule has 1 fully saturated rings. The summed E-state index contributed by atoms with van der Waals surface area (Å²) in [7, 11) is 0. The second-order valence-corrected chi connectivity index (χ2v) is 6.75. The molecule has 4 nitrogen and oxygen atoms in total. The van der Waals surface area contributed by atoms with Crippen molar-refractivity contribution in [2.45, 2.75) is 44.6 Å². The van der Waals surface area contributed by atoms with Gasteiger partial charge in [0, 0.05) is 12.1 Å². The van der Waals surface area contributed by atoms with E-state index in [1.54, 1.807) is 0 Å². The van der Waals surface area contributed by atoms with Crippen LogP contribution in [0.25, 0.3) is 0 Å². The van der Waals surface area contributed by atoms with Gasteiger partial charge in [0.15, 0.2) is 0 Å². The van der Waals surface area contributed by atoms with Crippen LogP contribution in [0.15, 0.2) is 42.5 Å². The molecule has 3 N–H and O–H groups in total. The zero-order valence-corrected chi connectivity index (χ0v) is 14.6.